The first-order valence-corrected chi connectivity index (χ1v) is 21.0. The van der Waals surface area contributed by atoms with E-state index in [0.717, 1.165) is 84.6 Å². The second-order valence-corrected chi connectivity index (χ2v) is 15.4. The van der Waals surface area contributed by atoms with Crippen LogP contribution in [0.1, 0.15) is 22.3 Å². The third kappa shape index (κ3) is 8.16. The molecule has 0 aliphatic heterocycles. The molecule has 0 saturated carbocycles. The van der Waals surface area contributed by atoms with Gasteiger partial charge in [0, 0.05) is 56.6 Å². The van der Waals surface area contributed by atoms with Gasteiger partial charge < -0.3 is 14.7 Å². The van der Waals surface area contributed by atoms with Gasteiger partial charge in [0.25, 0.3) is 0 Å². The zero-order valence-corrected chi connectivity index (χ0v) is 35.1. The number of nitriles is 2. The third-order valence-corrected chi connectivity index (χ3v) is 11.3. The van der Waals surface area contributed by atoms with Gasteiger partial charge >= 0.3 is 0 Å². The highest BCUT2D eigenvalue weighted by Crippen LogP contribution is 2.49. The van der Waals surface area contributed by atoms with E-state index in [1.807, 2.05) is 48.5 Å². The van der Waals surface area contributed by atoms with Crippen molar-refractivity contribution in [2.24, 2.45) is 0 Å². The predicted octanol–water partition coefficient (Wildman–Crippen LogP) is 15.8. The van der Waals surface area contributed by atoms with Gasteiger partial charge in [0.2, 0.25) is 0 Å². The van der Waals surface area contributed by atoms with Gasteiger partial charge in [0.1, 0.15) is 0 Å². The van der Waals surface area contributed by atoms with Crippen molar-refractivity contribution in [3.05, 3.63) is 247 Å². The molecule has 0 fully saturated rings. The maximum atomic E-state index is 9.86. The van der Waals surface area contributed by atoms with E-state index in [-0.39, 0.29) is 0 Å². The van der Waals surface area contributed by atoms with Crippen LogP contribution in [0.5, 0.6) is 0 Å². The highest BCUT2D eigenvalue weighted by molar-refractivity contribution is 5.99. The van der Waals surface area contributed by atoms with Crippen LogP contribution in [0.15, 0.2) is 224 Å². The molecular formula is C58H43N5. The van der Waals surface area contributed by atoms with Crippen LogP contribution in [0.4, 0.5) is 51.2 Å². The molecule has 0 aliphatic carbocycles. The summed E-state index contributed by atoms with van der Waals surface area (Å²) in [6, 6.07) is 82.1. The summed E-state index contributed by atoms with van der Waals surface area (Å²) in [5.74, 6) is 0. The molecule has 9 aromatic carbocycles. The molecule has 0 radical (unpaired) electrons. The van der Waals surface area contributed by atoms with Crippen molar-refractivity contribution in [2.75, 3.05) is 14.7 Å². The highest BCUT2D eigenvalue weighted by Gasteiger charge is 2.25. The van der Waals surface area contributed by atoms with E-state index in [1.54, 1.807) is 0 Å². The second kappa shape index (κ2) is 17.9. The Morgan fingerprint density at radius 3 is 0.857 bits per heavy atom. The fourth-order valence-corrected chi connectivity index (χ4v) is 8.40. The molecule has 5 nitrogen and oxygen atoms in total. The number of rotatable bonds is 11. The largest absolute Gasteiger partial charge is 0.311 e. The lowest BCUT2D eigenvalue weighted by Gasteiger charge is -2.32. The number of benzene rings is 9. The summed E-state index contributed by atoms with van der Waals surface area (Å²) in [5.41, 5.74) is 16.5. The van der Waals surface area contributed by atoms with Gasteiger partial charge in [-0.1, -0.05) is 103 Å². The standard InChI is InChI=1S/C58H43N5/c1-42-38-44(40-59)26-36-54(42)56-24-15-25-57(55-37-27-45(41-60)39-43(55)2)58(56)63(52-32-28-50(29-33-52)61(46-16-7-3-8-17-46)47-18-9-4-10-19-47)53-34-30-51(31-35-53)62(48-20-11-5-12-21-48)49-22-13-6-14-23-49/h3-39H,1-2H3. The molecule has 9 rings (SSSR count). The molecule has 0 aliphatic rings. The quantitative estimate of drug-likeness (QED) is 0.130. The summed E-state index contributed by atoms with van der Waals surface area (Å²) >= 11 is 0. The zero-order chi connectivity index (χ0) is 43.1. The number of hydrogen-bond acceptors (Lipinski definition) is 5. The van der Waals surface area contributed by atoms with Gasteiger partial charge in [-0.2, -0.15) is 10.5 Å². The summed E-state index contributed by atoms with van der Waals surface area (Å²) in [5, 5.41) is 19.7. The fourth-order valence-electron chi connectivity index (χ4n) is 8.40. The Labute approximate surface area is 369 Å². The van der Waals surface area contributed by atoms with Crippen molar-refractivity contribution >= 4 is 51.2 Å². The molecule has 0 heterocycles. The molecule has 9 aromatic rings. The SMILES string of the molecule is Cc1cc(C#N)ccc1-c1cccc(-c2ccc(C#N)cc2C)c1N(c1ccc(N(c2ccccc2)c2ccccc2)cc1)c1ccc(N(c2ccccc2)c2ccccc2)cc1. The molecule has 0 amide bonds. The Morgan fingerprint density at radius 1 is 0.286 bits per heavy atom. The van der Waals surface area contributed by atoms with Crippen LogP contribution in [0.3, 0.4) is 0 Å². The van der Waals surface area contributed by atoms with Crippen LogP contribution in [0, 0.1) is 36.5 Å². The molecule has 0 aromatic heterocycles. The molecule has 63 heavy (non-hydrogen) atoms. The van der Waals surface area contributed by atoms with Crippen molar-refractivity contribution in [3.8, 4) is 34.4 Å². The van der Waals surface area contributed by atoms with Crippen LogP contribution in [-0.4, -0.2) is 0 Å². The second-order valence-electron chi connectivity index (χ2n) is 15.4. The molecule has 5 heteroatoms. The molecule has 0 unspecified atom stereocenters. The molecule has 0 N–H and O–H groups in total. The maximum Gasteiger partial charge on any atom is 0.0991 e. The lowest BCUT2D eigenvalue weighted by atomic mass is 9.90. The van der Waals surface area contributed by atoms with Crippen LogP contribution >= 0.6 is 0 Å². The summed E-state index contributed by atoms with van der Waals surface area (Å²) in [7, 11) is 0. The van der Waals surface area contributed by atoms with Gasteiger partial charge in [-0.05, 0) is 157 Å². The monoisotopic (exact) mass is 809 g/mol. The number of para-hydroxylation sites is 5. The summed E-state index contributed by atoms with van der Waals surface area (Å²) < 4.78 is 0. The molecular weight excluding hydrogens is 767 g/mol. The first-order valence-electron chi connectivity index (χ1n) is 21.0. The van der Waals surface area contributed by atoms with E-state index in [2.05, 4.69) is 217 Å². The van der Waals surface area contributed by atoms with E-state index in [9.17, 15) is 10.5 Å². The first-order chi connectivity index (χ1) is 31.0. The summed E-state index contributed by atoms with van der Waals surface area (Å²) in [6.45, 7) is 4.13. The van der Waals surface area contributed by atoms with Gasteiger partial charge in [-0.3, -0.25) is 0 Å². The van der Waals surface area contributed by atoms with Gasteiger partial charge in [0.05, 0.1) is 29.0 Å². The van der Waals surface area contributed by atoms with Crippen LogP contribution in [0.2, 0.25) is 0 Å². The lowest BCUT2D eigenvalue weighted by molar-refractivity contribution is 1.24. The minimum absolute atomic E-state index is 0.614. The Morgan fingerprint density at radius 2 is 0.571 bits per heavy atom. The van der Waals surface area contributed by atoms with E-state index in [4.69, 9.17) is 0 Å². The number of anilines is 9. The van der Waals surface area contributed by atoms with Crippen LogP contribution < -0.4 is 14.7 Å². The topological polar surface area (TPSA) is 57.3 Å². The molecule has 0 saturated heterocycles. The predicted molar refractivity (Wildman–Crippen MR) is 260 cm³/mol. The maximum absolute atomic E-state index is 9.86. The Hall–Kier alpha value is -8.64. The number of aryl methyl sites for hydroxylation is 2. The smallest absolute Gasteiger partial charge is 0.0991 e. The minimum Gasteiger partial charge on any atom is -0.311 e. The average molecular weight is 810 g/mol. The van der Waals surface area contributed by atoms with E-state index in [1.165, 1.54) is 0 Å². The van der Waals surface area contributed by atoms with Crippen molar-refractivity contribution in [2.45, 2.75) is 13.8 Å². The molecule has 0 spiro atoms. The van der Waals surface area contributed by atoms with Crippen molar-refractivity contribution in [3.63, 3.8) is 0 Å². The third-order valence-electron chi connectivity index (χ3n) is 11.3. The molecule has 0 atom stereocenters. The number of hydrogen-bond donors (Lipinski definition) is 0. The van der Waals surface area contributed by atoms with Gasteiger partial charge in [0.15, 0.2) is 0 Å². The highest BCUT2D eigenvalue weighted by atomic mass is 15.2. The Balaban J connectivity index is 1.28. The van der Waals surface area contributed by atoms with Crippen LogP contribution in [0.25, 0.3) is 22.3 Å². The van der Waals surface area contributed by atoms with Gasteiger partial charge in [-0.15, -0.1) is 0 Å². The first kappa shape index (κ1) is 39.8. The summed E-state index contributed by atoms with van der Waals surface area (Å²) in [4.78, 5) is 6.88. The van der Waals surface area contributed by atoms with Crippen molar-refractivity contribution in [1.29, 1.82) is 10.5 Å². The van der Waals surface area contributed by atoms with E-state index in [0.29, 0.717) is 11.1 Å². The fraction of sp³-hybridized carbons (Fsp3) is 0.0345. The minimum atomic E-state index is 0.614. The number of nitrogens with zero attached hydrogens (tertiary/aromatic N) is 5. The molecule has 0 bridgehead atoms. The van der Waals surface area contributed by atoms with Gasteiger partial charge in [-0.25, -0.2) is 0 Å². The van der Waals surface area contributed by atoms with Crippen molar-refractivity contribution < 1.29 is 0 Å². The average Bonchev–Trinajstić information content (AvgIpc) is 3.34. The van der Waals surface area contributed by atoms with Crippen molar-refractivity contribution in [1.82, 2.24) is 0 Å². The Bertz CT molecular complexity index is 2790. The van der Waals surface area contributed by atoms with Crippen LogP contribution in [-0.2, 0) is 0 Å². The normalized spacial score (nSPS) is 10.7. The van der Waals surface area contributed by atoms with E-state index >= 15 is 0 Å². The molecule has 300 valence electrons. The zero-order valence-electron chi connectivity index (χ0n) is 35.1. The van der Waals surface area contributed by atoms with E-state index < -0.39 is 0 Å². The summed E-state index contributed by atoms with van der Waals surface area (Å²) in [6.07, 6.45) is 0. The Kier molecular flexibility index (Phi) is 11.3. The lowest BCUT2D eigenvalue weighted by Crippen LogP contribution is -2.15.